The highest BCUT2D eigenvalue weighted by atomic mass is 35.5. The van der Waals surface area contributed by atoms with E-state index < -0.39 is 5.97 Å². The zero-order valence-electron chi connectivity index (χ0n) is 12.5. The summed E-state index contributed by atoms with van der Waals surface area (Å²) in [6.45, 7) is 5.89. The summed E-state index contributed by atoms with van der Waals surface area (Å²) in [6, 6.07) is 9.15. The molecule has 5 heteroatoms. The van der Waals surface area contributed by atoms with Gasteiger partial charge in [0.1, 0.15) is 0 Å². The standard InChI is InChI=1S/C16H24N2O2.ClH/c1-13-3-2-4-14(11-13)12-18-9-6-15(7-10-18)17-8-5-16(19)20;/h2-4,11,15,17H,5-10,12H2,1H3,(H,19,20);1H. The van der Waals surface area contributed by atoms with Gasteiger partial charge in [0.15, 0.2) is 0 Å². The lowest BCUT2D eigenvalue weighted by Gasteiger charge is -2.32. The summed E-state index contributed by atoms with van der Waals surface area (Å²) < 4.78 is 0. The first-order valence-electron chi connectivity index (χ1n) is 7.36. The summed E-state index contributed by atoms with van der Waals surface area (Å²) in [6.07, 6.45) is 2.42. The molecule has 0 aliphatic carbocycles. The monoisotopic (exact) mass is 312 g/mol. The summed E-state index contributed by atoms with van der Waals surface area (Å²) >= 11 is 0. The summed E-state index contributed by atoms with van der Waals surface area (Å²) in [5.41, 5.74) is 2.69. The van der Waals surface area contributed by atoms with Crippen LogP contribution in [0.3, 0.4) is 0 Å². The Labute approximate surface area is 132 Å². The fourth-order valence-electron chi connectivity index (χ4n) is 2.75. The molecule has 21 heavy (non-hydrogen) atoms. The van der Waals surface area contributed by atoms with Crippen molar-refractivity contribution in [3.63, 3.8) is 0 Å². The molecular weight excluding hydrogens is 288 g/mol. The van der Waals surface area contributed by atoms with E-state index >= 15 is 0 Å². The Morgan fingerprint density at radius 2 is 2.10 bits per heavy atom. The zero-order chi connectivity index (χ0) is 14.4. The van der Waals surface area contributed by atoms with E-state index in [1.807, 2.05) is 0 Å². The number of rotatable bonds is 6. The van der Waals surface area contributed by atoms with Gasteiger partial charge in [-0.25, -0.2) is 0 Å². The number of nitrogens with one attached hydrogen (secondary N) is 1. The van der Waals surface area contributed by atoms with Crippen LogP contribution in [-0.2, 0) is 11.3 Å². The molecule has 1 heterocycles. The van der Waals surface area contributed by atoms with E-state index in [-0.39, 0.29) is 18.8 Å². The number of carboxylic acid groups (broad SMARTS) is 1. The molecule has 0 saturated carbocycles. The Morgan fingerprint density at radius 3 is 2.71 bits per heavy atom. The van der Waals surface area contributed by atoms with Crippen molar-refractivity contribution >= 4 is 18.4 Å². The predicted octanol–water partition coefficient (Wildman–Crippen LogP) is 2.45. The van der Waals surface area contributed by atoms with Crippen LogP contribution in [0.25, 0.3) is 0 Å². The fourth-order valence-corrected chi connectivity index (χ4v) is 2.75. The molecule has 0 amide bonds. The first kappa shape index (κ1) is 18.0. The number of benzene rings is 1. The van der Waals surface area contributed by atoms with Crippen LogP contribution in [-0.4, -0.2) is 41.7 Å². The Morgan fingerprint density at radius 1 is 1.38 bits per heavy atom. The SMILES string of the molecule is Cc1cccc(CN2CCC(NCCC(=O)O)CC2)c1.Cl. The smallest absolute Gasteiger partial charge is 0.304 e. The molecule has 0 radical (unpaired) electrons. The highest BCUT2D eigenvalue weighted by Gasteiger charge is 2.18. The van der Waals surface area contributed by atoms with Crippen LogP contribution in [0.15, 0.2) is 24.3 Å². The number of carbonyl (C=O) groups is 1. The van der Waals surface area contributed by atoms with E-state index in [0.29, 0.717) is 12.6 Å². The lowest BCUT2D eigenvalue weighted by molar-refractivity contribution is -0.136. The second-order valence-electron chi connectivity index (χ2n) is 5.64. The Kier molecular flexibility index (Phi) is 7.72. The molecule has 1 aromatic rings. The third-order valence-electron chi connectivity index (χ3n) is 3.85. The maximum absolute atomic E-state index is 10.5. The topological polar surface area (TPSA) is 52.6 Å². The second kappa shape index (κ2) is 9.03. The molecule has 0 aromatic heterocycles. The highest BCUT2D eigenvalue weighted by molar-refractivity contribution is 5.85. The number of carboxylic acids is 1. The number of nitrogens with zero attached hydrogens (tertiary/aromatic N) is 1. The van der Waals surface area contributed by atoms with Gasteiger partial charge in [-0.1, -0.05) is 29.8 Å². The number of aliphatic carboxylic acids is 1. The van der Waals surface area contributed by atoms with Crippen LogP contribution in [0, 0.1) is 6.92 Å². The molecule has 0 atom stereocenters. The van der Waals surface area contributed by atoms with Crippen molar-refractivity contribution in [1.82, 2.24) is 10.2 Å². The molecule has 1 aliphatic rings. The van der Waals surface area contributed by atoms with Crippen molar-refractivity contribution in [2.45, 2.75) is 38.8 Å². The first-order valence-corrected chi connectivity index (χ1v) is 7.36. The van der Waals surface area contributed by atoms with E-state index in [4.69, 9.17) is 5.11 Å². The van der Waals surface area contributed by atoms with Crippen LogP contribution >= 0.6 is 12.4 Å². The summed E-state index contributed by atoms with van der Waals surface area (Å²) in [5.74, 6) is -0.727. The van der Waals surface area contributed by atoms with Crippen LogP contribution in [0.1, 0.15) is 30.4 Å². The second-order valence-corrected chi connectivity index (χ2v) is 5.64. The van der Waals surface area contributed by atoms with Crippen molar-refractivity contribution < 1.29 is 9.90 Å². The lowest BCUT2D eigenvalue weighted by Crippen LogP contribution is -2.42. The van der Waals surface area contributed by atoms with Crippen LogP contribution in [0.5, 0.6) is 0 Å². The Bertz CT molecular complexity index is 446. The normalized spacial score (nSPS) is 16.4. The molecular formula is C16H25ClN2O2. The minimum absolute atomic E-state index is 0. The van der Waals surface area contributed by atoms with Gasteiger partial charge in [0.25, 0.3) is 0 Å². The molecule has 2 rings (SSSR count). The van der Waals surface area contributed by atoms with Gasteiger partial charge in [-0.15, -0.1) is 12.4 Å². The third-order valence-corrected chi connectivity index (χ3v) is 3.85. The summed E-state index contributed by atoms with van der Waals surface area (Å²) in [4.78, 5) is 13.0. The number of piperidine rings is 1. The number of hydrogen-bond acceptors (Lipinski definition) is 3. The Hall–Kier alpha value is -1.10. The summed E-state index contributed by atoms with van der Waals surface area (Å²) in [5, 5.41) is 12.0. The average molecular weight is 313 g/mol. The lowest BCUT2D eigenvalue weighted by atomic mass is 10.0. The van der Waals surface area contributed by atoms with E-state index in [9.17, 15) is 4.79 Å². The molecule has 1 aromatic carbocycles. The third kappa shape index (κ3) is 6.46. The van der Waals surface area contributed by atoms with Gasteiger partial charge in [-0.2, -0.15) is 0 Å². The van der Waals surface area contributed by atoms with Crippen molar-refractivity contribution in [2.75, 3.05) is 19.6 Å². The number of halogens is 1. The van der Waals surface area contributed by atoms with Gasteiger partial charge >= 0.3 is 5.97 Å². The van der Waals surface area contributed by atoms with E-state index in [1.54, 1.807) is 0 Å². The van der Waals surface area contributed by atoms with Crippen molar-refractivity contribution in [2.24, 2.45) is 0 Å². The van der Waals surface area contributed by atoms with Crippen molar-refractivity contribution in [3.05, 3.63) is 35.4 Å². The van der Waals surface area contributed by atoms with Crippen molar-refractivity contribution in [3.8, 4) is 0 Å². The van der Waals surface area contributed by atoms with Crippen LogP contribution in [0.4, 0.5) is 0 Å². The van der Waals surface area contributed by atoms with Crippen molar-refractivity contribution in [1.29, 1.82) is 0 Å². The molecule has 118 valence electrons. The maximum atomic E-state index is 10.5. The molecule has 2 N–H and O–H groups in total. The zero-order valence-corrected chi connectivity index (χ0v) is 13.4. The molecule has 1 saturated heterocycles. The van der Waals surface area contributed by atoms with E-state index in [2.05, 4.69) is 41.4 Å². The molecule has 0 spiro atoms. The number of hydrogen-bond donors (Lipinski definition) is 2. The molecule has 0 bridgehead atoms. The summed E-state index contributed by atoms with van der Waals surface area (Å²) in [7, 11) is 0. The quantitative estimate of drug-likeness (QED) is 0.847. The highest BCUT2D eigenvalue weighted by Crippen LogP contribution is 2.14. The van der Waals surface area contributed by atoms with Gasteiger partial charge in [0.2, 0.25) is 0 Å². The Balaban J connectivity index is 0.00000220. The van der Waals surface area contributed by atoms with E-state index in [0.717, 1.165) is 32.5 Å². The molecule has 1 fully saturated rings. The predicted molar refractivity (Wildman–Crippen MR) is 87.0 cm³/mol. The van der Waals surface area contributed by atoms with Crippen LogP contribution < -0.4 is 5.32 Å². The number of aryl methyl sites for hydroxylation is 1. The average Bonchev–Trinajstić information content (AvgIpc) is 2.40. The molecule has 1 aliphatic heterocycles. The molecule has 0 unspecified atom stereocenters. The van der Waals surface area contributed by atoms with E-state index in [1.165, 1.54) is 11.1 Å². The number of likely N-dealkylation sites (tertiary alicyclic amines) is 1. The largest absolute Gasteiger partial charge is 0.481 e. The minimum atomic E-state index is -0.727. The van der Waals surface area contributed by atoms with Gasteiger partial charge in [-0.3, -0.25) is 9.69 Å². The minimum Gasteiger partial charge on any atom is -0.481 e. The fraction of sp³-hybridized carbons (Fsp3) is 0.562. The molecule has 4 nitrogen and oxygen atoms in total. The van der Waals surface area contributed by atoms with Gasteiger partial charge in [0, 0.05) is 19.1 Å². The van der Waals surface area contributed by atoms with Gasteiger partial charge in [0.05, 0.1) is 6.42 Å². The maximum Gasteiger partial charge on any atom is 0.304 e. The first-order chi connectivity index (χ1) is 9.63. The van der Waals surface area contributed by atoms with Crippen LogP contribution in [0.2, 0.25) is 0 Å². The van der Waals surface area contributed by atoms with Gasteiger partial charge in [-0.05, 0) is 38.4 Å². The van der Waals surface area contributed by atoms with Gasteiger partial charge < -0.3 is 10.4 Å².